The van der Waals surface area contributed by atoms with Gasteiger partial charge in [-0.3, -0.25) is 4.90 Å². The molecule has 2 aromatic rings. The average Bonchev–Trinajstić information content (AvgIpc) is 2.87. The molecular formula is C16H22N2O2. The summed E-state index contributed by atoms with van der Waals surface area (Å²) < 4.78 is 10.7. The van der Waals surface area contributed by atoms with Crippen molar-refractivity contribution >= 4 is 0 Å². The van der Waals surface area contributed by atoms with Gasteiger partial charge in [0.2, 0.25) is 0 Å². The lowest BCUT2D eigenvalue weighted by molar-refractivity contribution is 0.287. The van der Waals surface area contributed by atoms with E-state index in [2.05, 4.69) is 35.5 Å². The molecule has 0 bridgehead atoms. The fourth-order valence-electron chi connectivity index (χ4n) is 2.17. The Kier molecular flexibility index (Phi) is 5.21. The van der Waals surface area contributed by atoms with Gasteiger partial charge in [-0.15, -0.1) is 0 Å². The van der Waals surface area contributed by atoms with Crippen LogP contribution in [0.15, 0.2) is 41.0 Å². The summed E-state index contributed by atoms with van der Waals surface area (Å²) in [7, 11) is 5.70. The molecule has 0 atom stereocenters. The molecule has 0 radical (unpaired) electrons. The van der Waals surface area contributed by atoms with Crippen LogP contribution in [-0.4, -0.2) is 26.1 Å². The van der Waals surface area contributed by atoms with Gasteiger partial charge < -0.3 is 14.5 Å². The number of methoxy groups -OCH3 is 1. The second kappa shape index (κ2) is 7.12. The largest absolute Gasteiger partial charge is 0.497 e. The number of furan rings is 1. The molecule has 0 aliphatic heterocycles. The van der Waals surface area contributed by atoms with E-state index in [0.29, 0.717) is 0 Å². The van der Waals surface area contributed by atoms with Crippen LogP contribution in [0.5, 0.6) is 5.75 Å². The number of hydrogen-bond donors (Lipinski definition) is 1. The third-order valence-corrected chi connectivity index (χ3v) is 3.13. The van der Waals surface area contributed by atoms with E-state index in [1.807, 2.05) is 25.4 Å². The summed E-state index contributed by atoms with van der Waals surface area (Å²) in [5.41, 5.74) is 2.44. The van der Waals surface area contributed by atoms with Gasteiger partial charge in [0, 0.05) is 18.7 Å². The summed E-state index contributed by atoms with van der Waals surface area (Å²) in [5.74, 6) is 1.88. The van der Waals surface area contributed by atoms with Crippen molar-refractivity contribution in [3.8, 4) is 5.75 Å². The number of nitrogens with one attached hydrogen (secondary N) is 1. The van der Waals surface area contributed by atoms with Crippen LogP contribution in [0.4, 0.5) is 0 Å². The van der Waals surface area contributed by atoms with Crippen molar-refractivity contribution in [1.29, 1.82) is 0 Å². The molecule has 20 heavy (non-hydrogen) atoms. The molecule has 1 aromatic carbocycles. The molecule has 0 unspecified atom stereocenters. The zero-order valence-corrected chi connectivity index (χ0v) is 12.3. The molecule has 0 saturated heterocycles. The maximum absolute atomic E-state index is 5.56. The second-order valence-electron chi connectivity index (χ2n) is 4.97. The average molecular weight is 274 g/mol. The van der Waals surface area contributed by atoms with E-state index < -0.39 is 0 Å². The molecule has 2 rings (SSSR count). The van der Waals surface area contributed by atoms with Crippen molar-refractivity contribution in [2.45, 2.75) is 19.6 Å². The highest BCUT2D eigenvalue weighted by Crippen LogP contribution is 2.15. The van der Waals surface area contributed by atoms with E-state index in [0.717, 1.165) is 31.1 Å². The van der Waals surface area contributed by atoms with E-state index in [9.17, 15) is 0 Å². The van der Waals surface area contributed by atoms with E-state index in [4.69, 9.17) is 9.15 Å². The molecule has 1 aromatic heterocycles. The number of hydrogen-bond acceptors (Lipinski definition) is 4. The second-order valence-corrected chi connectivity index (χ2v) is 4.97. The van der Waals surface area contributed by atoms with Gasteiger partial charge in [-0.05, 0) is 37.9 Å². The van der Waals surface area contributed by atoms with Gasteiger partial charge in [0.05, 0.1) is 19.9 Å². The summed E-state index contributed by atoms with van der Waals surface area (Å²) >= 11 is 0. The molecule has 0 amide bonds. The Bertz CT molecular complexity index is 520. The standard InChI is InChI=1S/C16H22N2O2/c1-17-9-14-8-16(20-12-14)11-18(2)10-13-4-6-15(19-3)7-5-13/h4-8,12,17H,9-11H2,1-3H3. The van der Waals surface area contributed by atoms with Crippen LogP contribution < -0.4 is 10.1 Å². The fourth-order valence-corrected chi connectivity index (χ4v) is 2.17. The molecule has 0 aliphatic carbocycles. The van der Waals surface area contributed by atoms with E-state index in [1.165, 1.54) is 11.1 Å². The summed E-state index contributed by atoms with van der Waals surface area (Å²) in [6.45, 7) is 2.52. The minimum atomic E-state index is 0.801. The minimum absolute atomic E-state index is 0.801. The van der Waals surface area contributed by atoms with Gasteiger partial charge in [0.1, 0.15) is 11.5 Å². The van der Waals surface area contributed by atoms with Crippen LogP contribution in [0.25, 0.3) is 0 Å². The Morgan fingerprint density at radius 3 is 2.55 bits per heavy atom. The molecule has 4 heteroatoms. The molecule has 0 saturated carbocycles. The summed E-state index contributed by atoms with van der Waals surface area (Å²) in [5, 5.41) is 3.12. The fraction of sp³-hybridized carbons (Fsp3) is 0.375. The summed E-state index contributed by atoms with van der Waals surface area (Å²) in [4.78, 5) is 2.23. The smallest absolute Gasteiger partial charge is 0.118 e. The predicted molar refractivity (Wildman–Crippen MR) is 79.6 cm³/mol. The Morgan fingerprint density at radius 1 is 1.15 bits per heavy atom. The number of benzene rings is 1. The number of ether oxygens (including phenoxy) is 1. The van der Waals surface area contributed by atoms with Gasteiger partial charge in [-0.2, -0.15) is 0 Å². The molecule has 108 valence electrons. The molecule has 0 aliphatic rings. The Hall–Kier alpha value is -1.78. The van der Waals surface area contributed by atoms with Gasteiger partial charge in [0.25, 0.3) is 0 Å². The quantitative estimate of drug-likeness (QED) is 0.842. The molecule has 0 spiro atoms. The summed E-state index contributed by atoms with van der Waals surface area (Å²) in [6, 6.07) is 10.2. The third kappa shape index (κ3) is 4.11. The lowest BCUT2D eigenvalue weighted by atomic mass is 10.2. The van der Waals surface area contributed by atoms with E-state index in [1.54, 1.807) is 7.11 Å². The van der Waals surface area contributed by atoms with Gasteiger partial charge in [0.15, 0.2) is 0 Å². The van der Waals surface area contributed by atoms with Gasteiger partial charge in [-0.1, -0.05) is 12.1 Å². The van der Waals surface area contributed by atoms with Crippen LogP contribution in [0.3, 0.4) is 0 Å². The third-order valence-electron chi connectivity index (χ3n) is 3.13. The predicted octanol–water partition coefficient (Wildman–Crippen LogP) is 2.64. The Morgan fingerprint density at radius 2 is 1.90 bits per heavy atom. The zero-order valence-electron chi connectivity index (χ0n) is 12.3. The van der Waals surface area contributed by atoms with Crippen LogP contribution in [-0.2, 0) is 19.6 Å². The highest BCUT2D eigenvalue weighted by atomic mass is 16.5. The van der Waals surface area contributed by atoms with Gasteiger partial charge >= 0.3 is 0 Å². The van der Waals surface area contributed by atoms with Crippen molar-refractivity contribution in [1.82, 2.24) is 10.2 Å². The van der Waals surface area contributed by atoms with Crippen molar-refractivity contribution in [2.24, 2.45) is 0 Å². The maximum Gasteiger partial charge on any atom is 0.118 e. The minimum Gasteiger partial charge on any atom is -0.497 e. The Labute approximate surface area is 120 Å². The molecule has 4 nitrogen and oxygen atoms in total. The zero-order chi connectivity index (χ0) is 14.4. The monoisotopic (exact) mass is 274 g/mol. The first-order valence-corrected chi connectivity index (χ1v) is 6.73. The van der Waals surface area contributed by atoms with Crippen molar-refractivity contribution in [3.05, 3.63) is 53.5 Å². The van der Waals surface area contributed by atoms with Crippen LogP contribution in [0.1, 0.15) is 16.9 Å². The summed E-state index contributed by atoms with van der Waals surface area (Å²) in [6.07, 6.45) is 1.81. The van der Waals surface area contributed by atoms with Crippen molar-refractivity contribution in [3.63, 3.8) is 0 Å². The first kappa shape index (κ1) is 14.6. The van der Waals surface area contributed by atoms with Crippen molar-refractivity contribution in [2.75, 3.05) is 21.2 Å². The highest BCUT2D eigenvalue weighted by Gasteiger charge is 2.06. The first-order valence-electron chi connectivity index (χ1n) is 6.73. The lowest BCUT2D eigenvalue weighted by Crippen LogP contribution is -2.16. The molecular weight excluding hydrogens is 252 g/mol. The molecule has 0 fully saturated rings. The van der Waals surface area contributed by atoms with E-state index in [-0.39, 0.29) is 0 Å². The van der Waals surface area contributed by atoms with Crippen LogP contribution in [0, 0.1) is 0 Å². The first-order chi connectivity index (χ1) is 9.71. The maximum atomic E-state index is 5.56. The van der Waals surface area contributed by atoms with Crippen molar-refractivity contribution < 1.29 is 9.15 Å². The van der Waals surface area contributed by atoms with Gasteiger partial charge in [-0.25, -0.2) is 0 Å². The highest BCUT2D eigenvalue weighted by molar-refractivity contribution is 5.27. The lowest BCUT2D eigenvalue weighted by Gasteiger charge is -2.15. The number of nitrogens with zero attached hydrogens (tertiary/aromatic N) is 1. The van der Waals surface area contributed by atoms with Crippen LogP contribution in [0.2, 0.25) is 0 Å². The number of rotatable bonds is 7. The molecule has 1 N–H and O–H groups in total. The molecule has 1 heterocycles. The van der Waals surface area contributed by atoms with Crippen LogP contribution >= 0.6 is 0 Å². The van der Waals surface area contributed by atoms with E-state index >= 15 is 0 Å². The normalized spacial score (nSPS) is 11.0. The SMILES string of the molecule is CNCc1coc(CN(C)Cc2ccc(OC)cc2)c1. The topological polar surface area (TPSA) is 37.6 Å². The Balaban J connectivity index is 1.88.